The first-order valence-corrected chi connectivity index (χ1v) is 3.64. The lowest BCUT2D eigenvalue weighted by Crippen LogP contribution is -2.11. The summed E-state index contributed by atoms with van der Waals surface area (Å²) in [5, 5.41) is 14.4. The number of nitrogens with one attached hydrogen (secondary N) is 1. The second-order valence-electron chi connectivity index (χ2n) is 2.26. The van der Waals surface area contributed by atoms with Gasteiger partial charge < -0.3 is 14.9 Å². The van der Waals surface area contributed by atoms with Gasteiger partial charge in [-0.3, -0.25) is 4.79 Å². The highest BCUT2D eigenvalue weighted by molar-refractivity contribution is 5.89. The van der Waals surface area contributed by atoms with Crippen LogP contribution >= 0.6 is 0 Å². The van der Waals surface area contributed by atoms with Crippen LogP contribution in [0.2, 0.25) is 0 Å². The zero-order chi connectivity index (χ0) is 8.81. The van der Waals surface area contributed by atoms with E-state index in [1.54, 1.807) is 6.07 Å². The first-order valence-electron chi connectivity index (χ1n) is 3.64. The van der Waals surface area contributed by atoms with Crippen LogP contribution in [0.25, 0.3) is 0 Å². The normalized spacial score (nSPS) is 9.75. The Morgan fingerprint density at radius 3 is 3.17 bits per heavy atom. The quantitative estimate of drug-likeness (QED) is 0.685. The number of carbonyl (C=O) groups is 1. The molecule has 0 fully saturated rings. The van der Waals surface area contributed by atoms with E-state index in [-0.39, 0.29) is 12.5 Å². The molecule has 5 nitrogen and oxygen atoms in total. The summed E-state index contributed by atoms with van der Waals surface area (Å²) in [7, 11) is 0. The first-order chi connectivity index (χ1) is 5.83. The van der Waals surface area contributed by atoms with Crippen molar-refractivity contribution in [2.24, 2.45) is 0 Å². The molecule has 0 unspecified atom stereocenters. The molecule has 0 spiro atoms. The first kappa shape index (κ1) is 8.73. The fourth-order valence-electron chi connectivity index (χ4n) is 0.722. The molecule has 0 radical (unpaired) electrons. The van der Waals surface area contributed by atoms with E-state index < -0.39 is 0 Å². The molecule has 0 aliphatic heterocycles. The van der Waals surface area contributed by atoms with Crippen molar-refractivity contribution in [2.75, 3.05) is 11.9 Å². The maximum absolute atomic E-state index is 11.0. The maximum Gasteiger partial charge on any atom is 0.225 e. The number of amides is 1. The smallest absolute Gasteiger partial charge is 0.225 e. The highest BCUT2D eigenvalue weighted by Crippen LogP contribution is 2.02. The molecule has 1 aromatic heterocycles. The Morgan fingerprint density at radius 1 is 1.75 bits per heavy atom. The van der Waals surface area contributed by atoms with Crippen LogP contribution in [0.1, 0.15) is 12.8 Å². The van der Waals surface area contributed by atoms with Crippen molar-refractivity contribution in [3.63, 3.8) is 0 Å². The lowest BCUT2D eigenvalue weighted by Gasteiger charge is -1.97. The third-order valence-corrected chi connectivity index (χ3v) is 1.27. The van der Waals surface area contributed by atoms with Crippen molar-refractivity contribution in [2.45, 2.75) is 12.8 Å². The molecule has 1 rings (SSSR count). The second-order valence-corrected chi connectivity index (χ2v) is 2.26. The zero-order valence-corrected chi connectivity index (χ0v) is 6.49. The van der Waals surface area contributed by atoms with Gasteiger partial charge in [0.15, 0.2) is 5.82 Å². The summed E-state index contributed by atoms with van der Waals surface area (Å²) in [6, 6.07) is 1.55. The molecule has 2 N–H and O–H groups in total. The van der Waals surface area contributed by atoms with Gasteiger partial charge in [-0.15, -0.1) is 0 Å². The van der Waals surface area contributed by atoms with E-state index in [9.17, 15) is 4.79 Å². The number of nitrogens with zero attached hydrogens (tertiary/aromatic N) is 1. The monoisotopic (exact) mass is 170 g/mol. The Bertz CT molecular complexity index is 233. The topological polar surface area (TPSA) is 75.4 Å². The molecule has 1 amide bonds. The number of aliphatic hydroxyl groups excluding tert-OH is 1. The molecule has 5 heteroatoms. The van der Waals surface area contributed by atoms with Gasteiger partial charge in [-0.1, -0.05) is 5.16 Å². The van der Waals surface area contributed by atoms with Crippen molar-refractivity contribution in [3.8, 4) is 0 Å². The second kappa shape index (κ2) is 4.50. The van der Waals surface area contributed by atoms with Crippen LogP contribution in [-0.4, -0.2) is 22.8 Å². The van der Waals surface area contributed by atoms with Crippen LogP contribution in [0.15, 0.2) is 16.9 Å². The van der Waals surface area contributed by atoms with E-state index in [1.165, 1.54) is 6.26 Å². The molecule has 1 heterocycles. The molecule has 0 atom stereocenters. The number of aromatic nitrogens is 1. The van der Waals surface area contributed by atoms with Gasteiger partial charge in [0.1, 0.15) is 6.26 Å². The summed E-state index contributed by atoms with van der Waals surface area (Å²) in [6.45, 7) is 0.0201. The summed E-state index contributed by atoms with van der Waals surface area (Å²) in [5.74, 6) is 0.232. The van der Waals surface area contributed by atoms with E-state index in [4.69, 9.17) is 5.11 Å². The molecule has 0 aliphatic rings. The third-order valence-electron chi connectivity index (χ3n) is 1.27. The summed E-state index contributed by atoms with van der Waals surface area (Å²) >= 11 is 0. The van der Waals surface area contributed by atoms with E-state index >= 15 is 0 Å². The predicted molar refractivity (Wildman–Crippen MR) is 41.5 cm³/mol. The molecule has 0 saturated heterocycles. The molecule has 0 bridgehead atoms. The predicted octanol–water partition coefficient (Wildman–Crippen LogP) is 0.386. The molecule has 0 saturated carbocycles. The highest BCUT2D eigenvalue weighted by atomic mass is 16.5. The van der Waals surface area contributed by atoms with Crippen molar-refractivity contribution >= 4 is 11.7 Å². The third kappa shape index (κ3) is 2.71. The summed E-state index contributed by atoms with van der Waals surface area (Å²) in [4.78, 5) is 11.0. The van der Waals surface area contributed by atoms with Crippen LogP contribution < -0.4 is 5.32 Å². The van der Waals surface area contributed by atoms with Crippen LogP contribution in [0.5, 0.6) is 0 Å². The average molecular weight is 170 g/mol. The SMILES string of the molecule is O=C(CCCO)Nc1ccon1. The van der Waals surface area contributed by atoms with Gasteiger partial charge in [0.25, 0.3) is 0 Å². The van der Waals surface area contributed by atoms with Crippen molar-refractivity contribution < 1.29 is 14.4 Å². The van der Waals surface area contributed by atoms with E-state index in [1.807, 2.05) is 0 Å². The van der Waals surface area contributed by atoms with E-state index in [0.29, 0.717) is 18.7 Å². The number of hydrogen-bond acceptors (Lipinski definition) is 4. The Morgan fingerprint density at radius 2 is 2.58 bits per heavy atom. The fourth-order valence-corrected chi connectivity index (χ4v) is 0.722. The maximum atomic E-state index is 11.0. The average Bonchev–Trinajstić information content (AvgIpc) is 2.53. The molecule has 0 aliphatic carbocycles. The molecule has 1 aromatic rings. The Hall–Kier alpha value is -1.36. The van der Waals surface area contributed by atoms with Crippen LogP contribution in [0.3, 0.4) is 0 Å². The minimum Gasteiger partial charge on any atom is -0.396 e. The lowest BCUT2D eigenvalue weighted by atomic mass is 10.3. The Labute approximate surface area is 69.4 Å². The minimum absolute atomic E-state index is 0.0201. The summed E-state index contributed by atoms with van der Waals surface area (Å²) in [5.41, 5.74) is 0. The number of hydrogen-bond donors (Lipinski definition) is 2. The Balaban J connectivity index is 2.27. The number of carbonyl (C=O) groups excluding carboxylic acids is 1. The van der Waals surface area contributed by atoms with E-state index in [0.717, 1.165) is 0 Å². The van der Waals surface area contributed by atoms with Gasteiger partial charge in [-0.05, 0) is 6.42 Å². The van der Waals surface area contributed by atoms with Gasteiger partial charge in [-0.25, -0.2) is 0 Å². The molecule has 12 heavy (non-hydrogen) atoms. The van der Waals surface area contributed by atoms with Crippen molar-refractivity contribution in [1.82, 2.24) is 5.16 Å². The van der Waals surface area contributed by atoms with Gasteiger partial charge in [0.2, 0.25) is 5.91 Å². The largest absolute Gasteiger partial charge is 0.396 e. The molecular weight excluding hydrogens is 160 g/mol. The molecule has 0 aromatic carbocycles. The lowest BCUT2D eigenvalue weighted by molar-refractivity contribution is -0.116. The van der Waals surface area contributed by atoms with Crippen LogP contribution in [-0.2, 0) is 4.79 Å². The highest BCUT2D eigenvalue weighted by Gasteiger charge is 2.02. The number of aliphatic hydroxyl groups is 1. The van der Waals surface area contributed by atoms with Crippen LogP contribution in [0, 0.1) is 0 Å². The van der Waals surface area contributed by atoms with E-state index in [2.05, 4.69) is 15.0 Å². The number of rotatable bonds is 4. The van der Waals surface area contributed by atoms with Gasteiger partial charge >= 0.3 is 0 Å². The Kier molecular flexibility index (Phi) is 3.28. The molecule has 66 valence electrons. The van der Waals surface area contributed by atoms with Crippen LogP contribution in [0.4, 0.5) is 5.82 Å². The van der Waals surface area contributed by atoms with Crippen molar-refractivity contribution in [3.05, 3.63) is 12.3 Å². The standard InChI is InChI=1S/C7H10N2O3/c10-4-1-2-7(11)8-6-3-5-12-9-6/h3,5,10H,1-2,4H2,(H,8,9,11). The number of anilines is 1. The summed E-state index contributed by atoms with van der Waals surface area (Å²) in [6.07, 6.45) is 2.13. The zero-order valence-electron chi connectivity index (χ0n) is 6.49. The van der Waals surface area contributed by atoms with Gasteiger partial charge in [0, 0.05) is 19.1 Å². The summed E-state index contributed by atoms with van der Waals surface area (Å²) < 4.78 is 4.51. The van der Waals surface area contributed by atoms with Gasteiger partial charge in [-0.2, -0.15) is 0 Å². The van der Waals surface area contributed by atoms with Crippen molar-refractivity contribution in [1.29, 1.82) is 0 Å². The minimum atomic E-state index is -0.169. The fraction of sp³-hybridized carbons (Fsp3) is 0.429. The van der Waals surface area contributed by atoms with Gasteiger partial charge in [0.05, 0.1) is 0 Å². The molecular formula is C7H10N2O3.